The highest BCUT2D eigenvalue weighted by molar-refractivity contribution is 5.80. The Hall–Kier alpha value is -0.870. The predicted molar refractivity (Wildman–Crippen MR) is 60.0 cm³/mol. The van der Waals surface area contributed by atoms with E-state index >= 15 is 0 Å². The summed E-state index contributed by atoms with van der Waals surface area (Å²) in [6.07, 6.45) is 1.25. The van der Waals surface area contributed by atoms with Gasteiger partial charge in [-0.15, -0.1) is 0 Å². The van der Waals surface area contributed by atoms with E-state index in [-0.39, 0.29) is 0 Å². The lowest BCUT2D eigenvalue weighted by molar-refractivity contribution is -0.131. The van der Waals surface area contributed by atoms with Crippen LogP contribution in [0.1, 0.15) is 20.8 Å². The van der Waals surface area contributed by atoms with Crippen molar-refractivity contribution >= 4 is 5.97 Å². The second-order valence-corrected chi connectivity index (χ2v) is 3.70. The number of hydrogen-bond acceptors (Lipinski definition) is 3. The predicted octanol–water partition coefficient (Wildman–Crippen LogP) is 1.37. The molecule has 0 aliphatic heterocycles. The minimum absolute atomic E-state index is 0.303. The maximum Gasteiger partial charge on any atom is 0.328 e. The first-order valence-corrected chi connectivity index (χ1v) is 5.14. The van der Waals surface area contributed by atoms with Crippen molar-refractivity contribution in [2.75, 3.05) is 26.8 Å². The molecule has 0 radical (unpaired) electrons. The van der Waals surface area contributed by atoms with Crippen LogP contribution in [0.15, 0.2) is 11.6 Å². The third kappa shape index (κ3) is 6.25. The molecular formula is C11H21NO3. The van der Waals surface area contributed by atoms with E-state index in [1.807, 2.05) is 6.92 Å². The Kier molecular flexibility index (Phi) is 6.99. The zero-order valence-electron chi connectivity index (χ0n) is 9.99. The van der Waals surface area contributed by atoms with E-state index in [9.17, 15) is 4.79 Å². The Morgan fingerprint density at radius 2 is 2.20 bits per heavy atom. The quantitative estimate of drug-likeness (QED) is 0.652. The summed E-state index contributed by atoms with van der Waals surface area (Å²) >= 11 is 0. The van der Waals surface area contributed by atoms with Gasteiger partial charge in [-0.2, -0.15) is 0 Å². The summed E-state index contributed by atoms with van der Waals surface area (Å²) in [6, 6.07) is 0.303. The summed E-state index contributed by atoms with van der Waals surface area (Å²) in [6.45, 7) is 8.18. The fourth-order valence-electron chi connectivity index (χ4n) is 1.50. The highest BCUT2D eigenvalue weighted by Crippen LogP contribution is 2.04. The lowest BCUT2D eigenvalue weighted by atomic mass is 10.2. The van der Waals surface area contributed by atoms with Crippen LogP contribution in [0, 0.1) is 0 Å². The van der Waals surface area contributed by atoms with E-state index in [0.29, 0.717) is 19.2 Å². The van der Waals surface area contributed by atoms with Crippen molar-refractivity contribution in [3.05, 3.63) is 11.6 Å². The van der Waals surface area contributed by atoms with E-state index < -0.39 is 5.97 Å². The van der Waals surface area contributed by atoms with Crippen LogP contribution in [0.25, 0.3) is 0 Å². The van der Waals surface area contributed by atoms with E-state index in [4.69, 9.17) is 9.84 Å². The number of methoxy groups -OCH3 is 1. The fraction of sp³-hybridized carbons (Fsp3) is 0.727. The standard InChI is InChI=1S/C11H21NO3/c1-5-12(10(3)8-15-4)7-9(2)6-11(13)14/h6,10H,5,7-8H2,1-4H3,(H,13,14). The summed E-state index contributed by atoms with van der Waals surface area (Å²) in [5, 5.41) is 8.59. The molecule has 1 unspecified atom stereocenters. The van der Waals surface area contributed by atoms with Gasteiger partial charge in [-0.05, 0) is 20.4 Å². The Balaban J connectivity index is 4.25. The van der Waals surface area contributed by atoms with Crippen LogP contribution in [0.2, 0.25) is 0 Å². The maximum atomic E-state index is 10.5. The molecule has 0 saturated heterocycles. The largest absolute Gasteiger partial charge is 0.478 e. The summed E-state index contributed by atoms with van der Waals surface area (Å²) in [7, 11) is 1.67. The number of hydrogen-bond donors (Lipinski definition) is 1. The molecule has 0 amide bonds. The van der Waals surface area contributed by atoms with Gasteiger partial charge in [0.1, 0.15) is 0 Å². The molecule has 0 aliphatic rings. The Bertz CT molecular complexity index is 226. The van der Waals surface area contributed by atoms with Gasteiger partial charge in [-0.3, -0.25) is 4.90 Å². The van der Waals surface area contributed by atoms with Crippen LogP contribution in [0.5, 0.6) is 0 Å². The minimum Gasteiger partial charge on any atom is -0.478 e. The molecular weight excluding hydrogens is 194 g/mol. The van der Waals surface area contributed by atoms with Gasteiger partial charge in [0.15, 0.2) is 0 Å². The number of ether oxygens (including phenoxy) is 1. The second kappa shape index (κ2) is 7.43. The first kappa shape index (κ1) is 14.1. The second-order valence-electron chi connectivity index (χ2n) is 3.70. The van der Waals surface area contributed by atoms with E-state index in [2.05, 4.69) is 18.7 Å². The monoisotopic (exact) mass is 215 g/mol. The lowest BCUT2D eigenvalue weighted by Crippen LogP contribution is -2.37. The first-order valence-electron chi connectivity index (χ1n) is 5.14. The van der Waals surface area contributed by atoms with Crippen molar-refractivity contribution in [3.8, 4) is 0 Å². The number of carbonyl (C=O) groups is 1. The fourth-order valence-corrected chi connectivity index (χ4v) is 1.50. The van der Waals surface area contributed by atoms with Gasteiger partial charge in [0.25, 0.3) is 0 Å². The van der Waals surface area contributed by atoms with Gasteiger partial charge in [0.2, 0.25) is 0 Å². The molecule has 0 fully saturated rings. The van der Waals surface area contributed by atoms with Crippen LogP contribution in [0.4, 0.5) is 0 Å². The van der Waals surface area contributed by atoms with Gasteiger partial charge < -0.3 is 9.84 Å². The van der Waals surface area contributed by atoms with Crippen LogP contribution >= 0.6 is 0 Å². The van der Waals surface area contributed by atoms with Gasteiger partial charge in [-0.1, -0.05) is 12.5 Å². The molecule has 0 heterocycles. The average molecular weight is 215 g/mol. The van der Waals surface area contributed by atoms with Gasteiger partial charge in [0.05, 0.1) is 6.61 Å². The zero-order valence-corrected chi connectivity index (χ0v) is 9.99. The molecule has 15 heavy (non-hydrogen) atoms. The van der Waals surface area contributed by atoms with E-state index in [1.54, 1.807) is 7.11 Å². The van der Waals surface area contributed by atoms with Crippen LogP contribution < -0.4 is 0 Å². The van der Waals surface area contributed by atoms with Crippen LogP contribution in [-0.4, -0.2) is 48.8 Å². The highest BCUT2D eigenvalue weighted by atomic mass is 16.5. The molecule has 0 aromatic heterocycles. The van der Waals surface area contributed by atoms with Gasteiger partial charge in [0, 0.05) is 25.8 Å². The summed E-state index contributed by atoms with van der Waals surface area (Å²) in [4.78, 5) is 12.6. The molecule has 0 saturated carbocycles. The summed E-state index contributed by atoms with van der Waals surface area (Å²) < 4.78 is 5.07. The smallest absolute Gasteiger partial charge is 0.328 e. The molecule has 0 aliphatic carbocycles. The van der Waals surface area contributed by atoms with Crippen molar-refractivity contribution < 1.29 is 14.6 Å². The molecule has 1 atom stereocenters. The lowest BCUT2D eigenvalue weighted by Gasteiger charge is -2.27. The molecule has 4 heteroatoms. The molecule has 0 rings (SSSR count). The van der Waals surface area contributed by atoms with Crippen LogP contribution in [0.3, 0.4) is 0 Å². The number of likely N-dealkylation sites (N-methyl/N-ethyl adjacent to an activating group) is 1. The molecule has 4 nitrogen and oxygen atoms in total. The Labute approximate surface area is 91.5 Å². The summed E-state index contributed by atoms with van der Waals surface area (Å²) in [5.41, 5.74) is 0.854. The minimum atomic E-state index is -0.886. The number of carboxylic acids is 1. The third-order valence-electron chi connectivity index (χ3n) is 2.26. The number of nitrogens with zero attached hydrogens (tertiary/aromatic N) is 1. The summed E-state index contributed by atoms with van der Waals surface area (Å²) in [5.74, 6) is -0.886. The van der Waals surface area contributed by atoms with Gasteiger partial charge >= 0.3 is 5.97 Å². The highest BCUT2D eigenvalue weighted by Gasteiger charge is 2.12. The number of carboxylic acid groups (broad SMARTS) is 1. The van der Waals surface area contributed by atoms with Crippen molar-refractivity contribution in [1.82, 2.24) is 4.90 Å². The van der Waals surface area contributed by atoms with Crippen molar-refractivity contribution in [3.63, 3.8) is 0 Å². The number of aliphatic carboxylic acids is 1. The molecule has 88 valence electrons. The Morgan fingerprint density at radius 3 is 2.60 bits per heavy atom. The third-order valence-corrected chi connectivity index (χ3v) is 2.26. The van der Waals surface area contributed by atoms with E-state index in [1.165, 1.54) is 6.08 Å². The topological polar surface area (TPSA) is 49.8 Å². The van der Waals surface area contributed by atoms with E-state index in [0.717, 1.165) is 12.1 Å². The Morgan fingerprint density at radius 1 is 1.60 bits per heavy atom. The molecule has 0 bridgehead atoms. The molecule has 1 N–H and O–H groups in total. The normalized spacial score (nSPS) is 14.3. The average Bonchev–Trinajstić information content (AvgIpc) is 2.13. The van der Waals surface area contributed by atoms with Crippen molar-refractivity contribution in [2.45, 2.75) is 26.8 Å². The zero-order chi connectivity index (χ0) is 11.8. The SMILES string of the molecule is CCN(CC(C)=CC(=O)O)C(C)COC. The molecule has 0 aromatic rings. The number of rotatable bonds is 7. The maximum absolute atomic E-state index is 10.5. The van der Waals surface area contributed by atoms with Gasteiger partial charge in [-0.25, -0.2) is 4.79 Å². The molecule has 0 spiro atoms. The first-order chi connectivity index (χ1) is 7.01. The van der Waals surface area contributed by atoms with Crippen LogP contribution in [-0.2, 0) is 9.53 Å². The van der Waals surface area contributed by atoms with Crippen molar-refractivity contribution in [1.29, 1.82) is 0 Å². The van der Waals surface area contributed by atoms with Crippen molar-refractivity contribution in [2.24, 2.45) is 0 Å². The molecule has 0 aromatic carbocycles.